The van der Waals surface area contributed by atoms with Crippen molar-refractivity contribution in [3.63, 3.8) is 0 Å². The van der Waals surface area contributed by atoms with Gasteiger partial charge < -0.3 is 10.8 Å². The molecule has 0 saturated carbocycles. The summed E-state index contributed by atoms with van der Waals surface area (Å²) in [6.45, 7) is 4.64. The molecule has 0 aromatic heterocycles. The maximum absolute atomic E-state index is 9.80. The molecule has 1 atom stereocenters. The number of hydrogen-bond acceptors (Lipinski definition) is 2. The molecule has 78 valence electrons. The highest BCUT2D eigenvalue weighted by atomic mass is 35.5. The van der Waals surface area contributed by atoms with E-state index in [1.54, 1.807) is 6.07 Å². The first-order chi connectivity index (χ1) is 6.57. The third-order valence-corrected chi connectivity index (χ3v) is 2.78. The molecule has 1 aromatic carbocycles. The van der Waals surface area contributed by atoms with E-state index < -0.39 is 0 Å². The number of phenolic OH excluding ortho intramolecular Hbond substituents is 1. The molecule has 3 heteroatoms. The van der Waals surface area contributed by atoms with E-state index in [-0.39, 0.29) is 11.7 Å². The summed E-state index contributed by atoms with van der Waals surface area (Å²) in [7, 11) is 0. The van der Waals surface area contributed by atoms with Crippen molar-refractivity contribution in [2.24, 2.45) is 5.73 Å². The van der Waals surface area contributed by atoms with Crippen molar-refractivity contribution in [1.82, 2.24) is 0 Å². The molecular formula is C11H16ClNO. The predicted octanol–water partition coefficient (Wildman–Crippen LogP) is 2.81. The summed E-state index contributed by atoms with van der Waals surface area (Å²) in [5.41, 5.74) is 7.47. The minimum Gasteiger partial charge on any atom is -0.506 e. The largest absolute Gasteiger partial charge is 0.506 e. The average molecular weight is 214 g/mol. The lowest BCUT2D eigenvalue weighted by Crippen LogP contribution is -2.06. The zero-order valence-corrected chi connectivity index (χ0v) is 9.30. The Hall–Kier alpha value is -0.730. The number of aryl methyl sites for hydroxylation is 1. The van der Waals surface area contributed by atoms with Crippen LogP contribution < -0.4 is 5.73 Å². The predicted molar refractivity (Wildman–Crippen MR) is 59.9 cm³/mol. The van der Waals surface area contributed by atoms with E-state index in [0.717, 1.165) is 17.5 Å². The van der Waals surface area contributed by atoms with Crippen molar-refractivity contribution in [3.05, 3.63) is 28.3 Å². The smallest absolute Gasteiger partial charge is 0.137 e. The Morgan fingerprint density at radius 3 is 2.71 bits per heavy atom. The van der Waals surface area contributed by atoms with Crippen molar-refractivity contribution < 1.29 is 5.11 Å². The van der Waals surface area contributed by atoms with Gasteiger partial charge in [0.15, 0.2) is 0 Å². The monoisotopic (exact) mass is 213 g/mol. The van der Waals surface area contributed by atoms with Crippen LogP contribution in [0.25, 0.3) is 0 Å². The van der Waals surface area contributed by atoms with Crippen LogP contribution in [0.1, 0.15) is 30.4 Å². The Balaban J connectivity index is 3.11. The molecule has 0 amide bonds. The fourth-order valence-electron chi connectivity index (χ4n) is 1.70. The first-order valence-corrected chi connectivity index (χ1v) is 5.13. The van der Waals surface area contributed by atoms with E-state index in [4.69, 9.17) is 17.3 Å². The molecule has 1 rings (SSSR count). The Bertz CT molecular complexity index is 325. The van der Waals surface area contributed by atoms with Crippen molar-refractivity contribution in [2.45, 2.75) is 26.2 Å². The van der Waals surface area contributed by atoms with Gasteiger partial charge in [-0.1, -0.05) is 24.6 Å². The topological polar surface area (TPSA) is 46.2 Å². The third-order valence-electron chi connectivity index (χ3n) is 2.48. The van der Waals surface area contributed by atoms with Crippen LogP contribution in [0.15, 0.2) is 12.1 Å². The van der Waals surface area contributed by atoms with Crippen LogP contribution >= 0.6 is 11.6 Å². The molecule has 1 unspecified atom stereocenters. The van der Waals surface area contributed by atoms with Crippen LogP contribution in [-0.4, -0.2) is 11.7 Å². The Kier molecular flexibility index (Phi) is 3.78. The van der Waals surface area contributed by atoms with Gasteiger partial charge in [0.1, 0.15) is 5.75 Å². The summed E-state index contributed by atoms with van der Waals surface area (Å²) in [4.78, 5) is 0. The number of halogens is 1. The SMILES string of the molecule is Cc1ccc(Cl)c(O)c1C(C)CCN. The fraction of sp³-hybridized carbons (Fsp3) is 0.455. The normalized spacial score (nSPS) is 12.9. The fourth-order valence-corrected chi connectivity index (χ4v) is 1.86. The number of aromatic hydroxyl groups is 1. The van der Waals surface area contributed by atoms with Gasteiger partial charge in [0.25, 0.3) is 0 Å². The first kappa shape index (κ1) is 11.3. The molecule has 2 nitrogen and oxygen atoms in total. The second-order valence-corrected chi connectivity index (χ2v) is 4.01. The summed E-state index contributed by atoms with van der Waals surface area (Å²) >= 11 is 5.85. The van der Waals surface area contributed by atoms with Gasteiger partial charge in [-0.15, -0.1) is 0 Å². The van der Waals surface area contributed by atoms with Gasteiger partial charge in [0.2, 0.25) is 0 Å². The Morgan fingerprint density at radius 1 is 1.50 bits per heavy atom. The summed E-state index contributed by atoms with van der Waals surface area (Å²) in [5.74, 6) is 0.450. The van der Waals surface area contributed by atoms with Gasteiger partial charge in [-0.2, -0.15) is 0 Å². The highest BCUT2D eigenvalue weighted by molar-refractivity contribution is 6.32. The molecular weight excluding hydrogens is 198 g/mol. The molecule has 0 saturated heterocycles. The van der Waals surface area contributed by atoms with Crippen LogP contribution in [0, 0.1) is 6.92 Å². The van der Waals surface area contributed by atoms with E-state index in [0.29, 0.717) is 11.6 Å². The van der Waals surface area contributed by atoms with Crippen LogP contribution in [0.2, 0.25) is 5.02 Å². The maximum atomic E-state index is 9.80. The van der Waals surface area contributed by atoms with Crippen molar-refractivity contribution in [2.75, 3.05) is 6.54 Å². The summed E-state index contributed by atoms with van der Waals surface area (Å²) in [5, 5.41) is 10.2. The maximum Gasteiger partial charge on any atom is 0.137 e. The molecule has 0 fully saturated rings. The number of rotatable bonds is 3. The first-order valence-electron chi connectivity index (χ1n) is 4.76. The van der Waals surface area contributed by atoms with Crippen molar-refractivity contribution in [3.8, 4) is 5.75 Å². The highest BCUT2D eigenvalue weighted by Gasteiger charge is 2.14. The second kappa shape index (κ2) is 4.67. The molecule has 0 aliphatic heterocycles. The standard InChI is InChI=1S/C11H16ClNO/c1-7-3-4-9(12)11(14)10(7)8(2)5-6-13/h3-4,8,14H,5-6,13H2,1-2H3. The van der Waals surface area contributed by atoms with Gasteiger partial charge in [-0.3, -0.25) is 0 Å². The molecule has 3 N–H and O–H groups in total. The molecule has 0 bridgehead atoms. The molecule has 0 heterocycles. The summed E-state index contributed by atoms with van der Waals surface area (Å²) in [6.07, 6.45) is 0.856. The zero-order valence-electron chi connectivity index (χ0n) is 8.55. The molecule has 1 aromatic rings. The van der Waals surface area contributed by atoms with E-state index in [2.05, 4.69) is 0 Å². The van der Waals surface area contributed by atoms with Gasteiger partial charge in [0, 0.05) is 5.56 Å². The minimum absolute atomic E-state index is 0.201. The molecule has 14 heavy (non-hydrogen) atoms. The van der Waals surface area contributed by atoms with E-state index in [1.165, 1.54) is 0 Å². The van der Waals surface area contributed by atoms with Crippen LogP contribution in [-0.2, 0) is 0 Å². The quantitative estimate of drug-likeness (QED) is 0.811. The van der Waals surface area contributed by atoms with Gasteiger partial charge in [0.05, 0.1) is 5.02 Å². The van der Waals surface area contributed by atoms with Crippen LogP contribution in [0.4, 0.5) is 0 Å². The molecule has 0 radical (unpaired) electrons. The van der Waals surface area contributed by atoms with Gasteiger partial charge >= 0.3 is 0 Å². The van der Waals surface area contributed by atoms with E-state index in [1.807, 2.05) is 19.9 Å². The lowest BCUT2D eigenvalue weighted by molar-refractivity contribution is 0.460. The van der Waals surface area contributed by atoms with Crippen LogP contribution in [0.5, 0.6) is 5.75 Å². The van der Waals surface area contributed by atoms with Gasteiger partial charge in [-0.25, -0.2) is 0 Å². The minimum atomic E-state index is 0.201. The van der Waals surface area contributed by atoms with Crippen LogP contribution in [0.3, 0.4) is 0 Å². The number of nitrogens with two attached hydrogens (primary N) is 1. The summed E-state index contributed by atoms with van der Waals surface area (Å²) in [6, 6.07) is 3.63. The van der Waals surface area contributed by atoms with Crippen molar-refractivity contribution >= 4 is 11.6 Å². The van der Waals surface area contributed by atoms with Crippen molar-refractivity contribution in [1.29, 1.82) is 0 Å². The number of hydrogen-bond donors (Lipinski definition) is 2. The van der Waals surface area contributed by atoms with E-state index in [9.17, 15) is 5.11 Å². The molecule has 0 aliphatic carbocycles. The number of phenols is 1. The van der Waals surface area contributed by atoms with Gasteiger partial charge in [-0.05, 0) is 37.4 Å². The zero-order chi connectivity index (χ0) is 10.7. The Labute approximate surface area is 89.7 Å². The second-order valence-electron chi connectivity index (χ2n) is 3.60. The lowest BCUT2D eigenvalue weighted by Gasteiger charge is -2.16. The highest BCUT2D eigenvalue weighted by Crippen LogP contribution is 2.36. The average Bonchev–Trinajstić information content (AvgIpc) is 2.13. The number of benzene rings is 1. The Morgan fingerprint density at radius 2 is 2.14 bits per heavy atom. The van der Waals surface area contributed by atoms with E-state index >= 15 is 0 Å². The summed E-state index contributed by atoms with van der Waals surface area (Å²) < 4.78 is 0. The lowest BCUT2D eigenvalue weighted by atomic mass is 9.93. The molecule has 0 aliphatic rings. The molecule has 0 spiro atoms. The third kappa shape index (κ3) is 2.20.